The van der Waals surface area contributed by atoms with Gasteiger partial charge in [-0.3, -0.25) is 4.79 Å². The second-order valence-electron chi connectivity index (χ2n) is 5.39. The molecule has 3 heterocycles. The van der Waals surface area contributed by atoms with Crippen molar-refractivity contribution in [2.24, 2.45) is 0 Å². The Morgan fingerprint density at radius 1 is 1.27 bits per heavy atom. The van der Waals surface area contributed by atoms with Crippen LogP contribution in [-0.4, -0.2) is 73.9 Å². The first-order valence-electron chi connectivity index (χ1n) is 7.21. The first-order valence-corrected chi connectivity index (χ1v) is 7.21. The Morgan fingerprint density at radius 3 is 2.82 bits per heavy atom. The van der Waals surface area contributed by atoms with E-state index in [2.05, 4.69) is 14.9 Å². The molecular formula is C14H20N4O4. The fourth-order valence-corrected chi connectivity index (χ4v) is 2.89. The summed E-state index contributed by atoms with van der Waals surface area (Å²) in [5, 5.41) is 0. The lowest BCUT2D eigenvalue weighted by Gasteiger charge is -2.25. The van der Waals surface area contributed by atoms with E-state index in [9.17, 15) is 4.79 Å². The van der Waals surface area contributed by atoms with Crippen LogP contribution < -0.4 is 14.4 Å². The maximum atomic E-state index is 12.0. The van der Waals surface area contributed by atoms with Crippen LogP contribution in [0.25, 0.3) is 0 Å². The number of methoxy groups -OCH3 is 2. The maximum Gasteiger partial charge on any atom is 0.321 e. The third-order valence-electron chi connectivity index (χ3n) is 4.16. The van der Waals surface area contributed by atoms with Crippen LogP contribution in [0.4, 0.5) is 5.82 Å². The quantitative estimate of drug-likeness (QED) is 0.773. The van der Waals surface area contributed by atoms with Crippen molar-refractivity contribution in [3.8, 4) is 11.9 Å². The van der Waals surface area contributed by atoms with Crippen LogP contribution in [0.15, 0.2) is 6.07 Å². The largest absolute Gasteiger partial charge is 0.481 e. The molecule has 2 fully saturated rings. The normalized spacial score (nSPS) is 25.0. The first kappa shape index (κ1) is 14.8. The van der Waals surface area contributed by atoms with Crippen molar-refractivity contribution in [2.75, 3.05) is 45.9 Å². The van der Waals surface area contributed by atoms with E-state index < -0.39 is 0 Å². The van der Waals surface area contributed by atoms with Crippen LogP contribution in [-0.2, 0) is 9.53 Å². The van der Waals surface area contributed by atoms with Gasteiger partial charge in [-0.05, 0) is 0 Å². The van der Waals surface area contributed by atoms with Crippen molar-refractivity contribution in [2.45, 2.75) is 18.6 Å². The van der Waals surface area contributed by atoms with Crippen molar-refractivity contribution in [1.29, 1.82) is 0 Å². The smallest absolute Gasteiger partial charge is 0.321 e. The summed E-state index contributed by atoms with van der Waals surface area (Å²) in [6.45, 7) is 1.80. The number of aromatic nitrogens is 2. The van der Waals surface area contributed by atoms with Crippen molar-refractivity contribution >= 4 is 11.7 Å². The van der Waals surface area contributed by atoms with Gasteiger partial charge in [0.25, 0.3) is 0 Å². The highest BCUT2D eigenvalue weighted by molar-refractivity contribution is 5.77. The van der Waals surface area contributed by atoms with Gasteiger partial charge in [0.05, 0.1) is 39.4 Å². The van der Waals surface area contributed by atoms with E-state index in [1.165, 1.54) is 7.11 Å². The molecule has 0 spiro atoms. The fraction of sp³-hybridized carbons (Fsp3) is 0.643. The number of likely N-dealkylation sites (N-methyl/N-ethyl adjacent to an activating group) is 1. The van der Waals surface area contributed by atoms with Gasteiger partial charge in [-0.15, -0.1) is 0 Å². The molecule has 2 aliphatic rings. The first-order chi connectivity index (χ1) is 10.6. The molecule has 2 atom stereocenters. The van der Waals surface area contributed by atoms with Gasteiger partial charge in [0, 0.05) is 26.2 Å². The topological polar surface area (TPSA) is 77.0 Å². The number of anilines is 1. The number of nitrogens with zero attached hydrogens (tertiary/aromatic N) is 4. The molecule has 1 amide bonds. The standard InChI is InChI=1S/C14H20N4O4/c1-17-9-7-18(8-10(9)22-5-4-13(17)19)11-6-12(20-2)16-14(15-11)21-3/h6,9-10H,4-5,7-8H2,1-3H3/t9-,10-/m0/s1. The van der Waals surface area contributed by atoms with E-state index in [1.807, 2.05) is 7.05 Å². The minimum Gasteiger partial charge on any atom is -0.481 e. The van der Waals surface area contributed by atoms with E-state index in [4.69, 9.17) is 14.2 Å². The van der Waals surface area contributed by atoms with Crippen LogP contribution in [0, 0.1) is 0 Å². The van der Waals surface area contributed by atoms with Gasteiger partial charge < -0.3 is 24.0 Å². The Hall–Kier alpha value is -2.09. The number of carbonyl (C=O) groups excluding carboxylic acids is 1. The summed E-state index contributed by atoms with van der Waals surface area (Å²) >= 11 is 0. The van der Waals surface area contributed by atoms with E-state index >= 15 is 0 Å². The monoisotopic (exact) mass is 308 g/mol. The molecule has 120 valence electrons. The molecule has 1 aromatic heterocycles. The van der Waals surface area contributed by atoms with Gasteiger partial charge in [0.2, 0.25) is 11.8 Å². The molecule has 0 radical (unpaired) electrons. The molecule has 8 heteroatoms. The Bertz CT molecular complexity index is 546. The zero-order valence-electron chi connectivity index (χ0n) is 13.0. The SMILES string of the molecule is COc1cc(N2C[C@@H]3OCCC(=O)N(C)[C@H]3C2)nc(OC)n1. The summed E-state index contributed by atoms with van der Waals surface area (Å²) in [4.78, 5) is 24.3. The van der Waals surface area contributed by atoms with Crippen LogP contribution in [0.5, 0.6) is 11.9 Å². The van der Waals surface area contributed by atoms with Gasteiger partial charge in [0.15, 0.2) is 0 Å². The average Bonchev–Trinajstić information content (AvgIpc) is 2.92. The Kier molecular flexibility index (Phi) is 4.02. The van der Waals surface area contributed by atoms with Gasteiger partial charge >= 0.3 is 6.01 Å². The average molecular weight is 308 g/mol. The van der Waals surface area contributed by atoms with Crippen molar-refractivity contribution in [1.82, 2.24) is 14.9 Å². The van der Waals surface area contributed by atoms with Gasteiger partial charge in [-0.25, -0.2) is 0 Å². The summed E-state index contributed by atoms with van der Waals surface area (Å²) in [6, 6.07) is 2.05. The zero-order valence-corrected chi connectivity index (χ0v) is 13.0. The summed E-state index contributed by atoms with van der Waals surface area (Å²) in [5.41, 5.74) is 0. The molecule has 1 aromatic rings. The van der Waals surface area contributed by atoms with Crippen molar-refractivity contribution < 1.29 is 19.0 Å². The molecule has 2 aliphatic heterocycles. The second kappa shape index (κ2) is 5.96. The minimum atomic E-state index is -0.0107. The Morgan fingerprint density at radius 2 is 2.09 bits per heavy atom. The molecular weight excluding hydrogens is 288 g/mol. The number of amides is 1. The lowest BCUT2D eigenvalue weighted by Crippen LogP contribution is -2.42. The zero-order chi connectivity index (χ0) is 15.7. The summed E-state index contributed by atoms with van der Waals surface area (Å²) in [7, 11) is 4.90. The molecule has 8 nitrogen and oxygen atoms in total. The molecule has 0 saturated carbocycles. The molecule has 0 unspecified atom stereocenters. The van der Waals surface area contributed by atoms with Crippen LogP contribution in [0.2, 0.25) is 0 Å². The molecule has 0 bridgehead atoms. The predicted molar refractivity (Wildman–Crippen MR) is 78.3 cm³/mol. The molecule has 0 aliphatic carbocycles. The lowest BCUT2D eigenvalue weighted by molar-refractivity contribution is -0.130. The van der Waals surface area contributed by atoms with Gasteiger partial charge in [-0.1, -0.05) is 0 Å². The molecule has 3 rings (SSSR count). The predicted octanol–water partition coefficient (Wildman–Crippen LogP) is -0.0703. The van der Waals surface area contributed by atoms with Gasteiger partial charge in [-0.2, -0.15) is 9.97 Å². The molecule has 2 saturated heterocycles. The fourth-order valence-electron chi connectivity index (χ4n) is 2.89. The molecule has 0 N–H and O–H groups in total. The Labute approximate surface area is 129 Å². The lowest BCUT2D eigenvalue weighted by atomic mass is 10.2. The van der Waals surface area contributed by atoms with Crippen LogP contribution >= 0.6 is 0 Å². The highest BCUT2D eigenvalue weighted by Crippen LogP contribution is 2.28. The summed E-state index contributed by atoms with van der Waals surface area (Å²) in [5.74, 6) is 1.27. The van der Waals surface area contributed by atoms with Crippen molar-refractivity contribution in [3.05, 3.63) is 6.07 Å². The van der Waals surface area contributed by atoms with Crippen molar-refractivity contribution in [3.63, 3.8) is 0 Å². The third-order valence-corrected chi connectivity index (χ3v) is 4.16. The number of fused-ring (bicyclic) bond motifs is 1. The minimum absolute atomic E-state index is 0.0107. The number of rotatable bonds is 3. The van der Waals surface area contributed by atoms with Gasteiger partial charge in [0.1, 0.15) is 5.82 Å². The van der Waals surface area contributed by atoms with Crippen LogP contribution in [0.1, 0.15) is 6.42 Å². The second-order valence-corrected chi connectivity index (χ2v) is 5.39. The number of carbonyl (C=O) groups is 1. The number of hydrogen-bond donors (Lipinski definition) is 0. The number of hydrogen-bond acceptors (Lipinski definition) is 7. The van der Waals surface area contributed by atoms with Crippen LogP contribution in [0.3, 0.4) is 0 Å². The van der Waals surface area contributed by atoms with E-state index in [1.54, 1.807) is 18.1 Å². The maximum absolute atomic E-state index is 12.0. The summed E-state index contributed by atoms with van der Waals surface area (Å²) in [6.07, 6.45) is 0.432. The third kappa shape index (κ3) is 2.66. The number of ether oxygens (including phenoxy) is 3. The molecule has 22 heavy (non-hydrogen) atoms. The highest BCUT2D eigenvalue weighted by Gasteiger charge is 2.40. The van der Waals surface area contributed by atoms with E-state index in [0.29, 0.717) is 37.8 Å². The van der Waals surface area contributed by atoms with E-state index in [-0.39, 0.29) is 24.1 Å². The van der Waals surface area contributed by atoms with E-state index in [0.717, 1.165) is 0 Å². The molecule has 0 aromatic carbocycles. The summed E-state index contributed by atoms with van der Waals surface area (Å²) < 4.78 is 16.1. The highest BCUT2D eigenvalue weighted by atomic mass is 16.5. The Balaban J connectivity index is 1.84.